The van der Waals surface area contributed by atoms with Crippen LogP contribution in [-0.4, -0.2) is 17.0 Å². The van der Waals surface area contributed by atoms with Crippen molar-refractivity contribution in [2.75, 3.05) is 5.88 Å². The first-order valence-electron chi connectivity index (χ1n) is 3.73. The van der Waals surface area contributed by atoms with Gasteiger partial charge in [-0.1, -0.05) is 17.7 Å². The fourth-order valence-electron chi connectivity index (χ4n) is 0.997. The van der Waals surface area contributed by atoms with Gasteiger partial charge in [-0.15, -0.1) is 11.6 Å². The molecule has 0 spiro atoms. The van der Waals surface area contributed by atoms with Crippen molar-refractivity contribution in [1.29, 1.82) is 0 Å². The average Bonchev–Trinajstić information content (AvgIpc) is 2.04. The van der Waals surface area contributed by atoms with Crippen molar-refractivity contribution < 1.29 is 9.90 Å². The fourth-order valence-corrected chi connectivity index (χ4v) is 1.50. The quantitative estimate of drug-likeness (QED) is 0.793. The molecule has 0 radical (unpaired) electrons. The molecule has 70 valence electrons. The Bertz CT molecular complexity index is 323. The summed E-state index contributed by atoms with van der Waals surface area (Å²) in [6.45, 7) is 0. The number of carboxylic acids is 1. The normalized spacial score (nSPS) is 10.0. The number of rotatable bonds is 3. The molecule has 0 saturated heterocycles. The van der Waals surface area contributed by atoms with Crippen molar-refractivity contribution in [2.24, 2.45) is 0 Å². The van der Waals surface area contributed by atoms with Crippen LogP contribution in [0.4, 0.5) is 0 Å². The van der Waals surface area contributed by atoms with Crippen LogP contribution < -0.4 is 0 Å². The van der Waals surface area contributed by atoms with E-state index in [0.29, 0.717) is 12.3 Å². The summed E-state index contributed by atoms with van der Waals surface area (Å²) in [6.07, 6.45) is 0.696. The third-order valence-electron chi connectivity index (χ3n) is 1.65. The minimum absolute atomic E-state index is 0.125. The molecule has 0 aliphatic heterocycles. The first kappa shape index (κ1) is 10.4. The summed E-state index contributed by atoms with van der Waals surface area (Å²) in [5.74, 6) is -0.509. The minimum atomic E-state index is -1.01. The number of hydrogen-bond donors (Lipinski definition) is 1. The predicted molar refractivity (Wildman–Crippen MR) is 52.8 cm³/mol. The van der Waals surface area contributed by atoms with Crippen LogP contribution >= 0.6 is 23.2 Å². The smallest absolute Gasteiger partial charge is 0.337 e. The molecule has 0 aliphatic rings. The third-order valence-corrected chi connectivity index (χ3v) is 2.15. The molecule has 0 aliphatic carbocycles. The van der Waals surface area contributed by atoms with Crippen LogP contribution in [-0.2, 0) is 6.42 Å². The molecule has 1 aromatic rings. The summed E-state index contributed by atoms with van der Waals surface area (Å²) in [7, 11) is 0. The van der Waals surface area contributed by atoms with Crippen LogP contribution in [0.1, 0.15) is 15.9 Å². The van der Waals surface area contributed by atoms with Crippen LogP contribution in [0.5, 0.6) is 0 Å². The van der Waals surface area contributed by atoms with Gasteiger partial charge in [0.05, 0.1) is 10.6 Å². The highest BCUT2D eigenvalue weighted by Gasteiger charge is 2.08. The van der Waals surface area contributed by atoms with Gasteiger partial charge in [0.15, 0.2) is 0 Å². The third kappa shape index (κ3) is 2.61. The highest BCUT2D eigenvalue weighted by molar-refractivity contribution is 6.33. The highest BCUT2D eigenvalue weighted by Crippen LogP contribution is 2.18. The predicted octanol–water partition coefficient (Wildman–Crippen LogP) is 2.82. The number of benzene rings is 1. The second-order valence-corrected chi connectivity index (χ2v) is 3.34. The molecule has 4 heteroatoms. The van der Waals surface area contributed by atoms with E-state index >= 15 is 0 Å². The Hall–Kier alpha value is -0.730. The molecule has 2 nitrogen and oxygen atoms in total. The lowest BCUT2D eigenvalue weighted by atomic mass is 10.1. The van der Waals surface area contributed by atoms with E-state index in [2.05, 4.69) is 0 Å². The van der Waals surface area contributed by atoms with Crippen molar-refractivity contribution in [1.82, 2.24) is 0 Å². The monoisotopic (exact) mass is 218 g/mol. The number of hydrogen-bond acceptors (Lipinski definition) is 1. The fraction of sp³-hybridized carbons (Fsp3) is 0.222. The summed E-state index contributed by atoms with van der Waals surface area (Å²) in [6, 6.07) is 4.84. The van der Waals surface area contributed by atoms with Crippen LogP contribution in [0, 0.1) is 0 Å². The molecule has 0 bridgehead atoms. The Morgan fingerprint density at radius 1 is 1.46 bits per heavy atom. The molecule has 0 unspecified atom stereocenters. The van der Waals surface area contributed by atoms with Crippen molar-refractivity contribution in [3.63, 3.8) is 0 Å². The maximum atomic E-state index is 10.6. The molecule has 1 rings (SSSR count). The Labute approximate surface area is 86.1 Å². The van der Waals surface area contributed by atoms with Crippen LogP contribution in [0.3, 0.4) is 0 Å². The van der Waals surface area contributed by atoms with Crippen LogP contribution in [0.2, 0.25) is 5.02 Å². The van der Waals surface area contributed by atoms with Gasteiger partial charge >= 0.3 is 5.97 Å². The molecule has 13 heavy (non-hydrogen) atoms. The zero-order valence-corrected chi connectivity index (χ0v) is 8.27. The van der Waals surface area contributed by atoms with E-state index in [1.54, 1.807) is 12.1 Å². The van der Waals surface area contributed by atoms with Gasteiger partial charge in [-0.2, -0.15) is 0 Å². The Kier molecular flexibility index (Phi) is 3.58. The number of carbonyl (C=O) groups is 1. The molecular weight excluding hydrogens is 211 g/mol. The van der Waals surface area contributed by atoms with E-state index in [1.165, 1.54) is 6.07 Å². The topological polar surface area (TPSA) is 37.3 Å². The van der Waals surface area contributed by atoms with E-state index < -0.39 is 5.97 Å². The molecule has 1 N–H and O–H groups in total. The largest absolute Gasteiger partial charge is 0.478 e. The van der Waals surface area contributed by atoms with Crippen molar-refractivity contribution in [3.8, 4) is 0 Å². The van der Waals surface area contributed by atoms with Crippen LogP contribution in [0.25, 0.3) is 0 Å². The van der Waals surface area contributed by atoms with E-state index in [4.69, 9.17) is 28.3 Å². The molecule has 0 atom stereocenters. The Balaban J connectivity index is 2.98. The van der Waals surface area contributed by atoms with E-state index in [9.17, 15) is 4.79 Å². The summed E-state index contributed by atoms with van der Waals surface area (Å²) in [5, 5.41) is 8.94. The molecule has 1 aromatic carbocycles. The summed E-state index contributed by atoms with van der Waals surface area (Å²) < 4.78 is 0. The molecule has 0 heterocycles. The Morgan fingerprint density at radius 2 is 2.15 bits per heavy atom. The molecule has 0 saturated carbocycles. The Morgan fingerprint density at radius 3 is 2.62 bits per heavy atom. The second kappa shape index (κ2) is 4.49. The number of aryl methyl sites for hydroxylation is 1. The number of halogens is 2. The van der Waals surface area contributed by atoms with Crippen molar-refractivity contribution in [2.45, 2.75) is 6.42 Å². The van der Waals surface area contributed by atoms with Crippen molar-refractivity contribution in [3.05, 3.63) is 34.3 Å². The maximum absolute atomic E-state index is 10.6. The number of carboxylic acid groups (broad SMARTS) is 1. The van der Waals surface area contributed by atoms with Gasteiger partial charge in [0.25, 0.3) is 0 Å². The standard InChI is InChI=1S/C9H8Cl2O2/c10-4-3-6-1-2-7(9(12)13)8(11)5-6/h1-2,5H,3-4H2,(H,12,13). The zero-order valence-electron chi connectivity index (χ0n) is 6.76. The van der Waals surface area contributed by atoms with Gasteiger partial charge < -0.3 is 5.11 Å². The molecule has 0 fully saturated rings. The van der Waals surface area contributed by atoms with Gasteiger partial charge in [-0.05, 0) is 24.1 Å². The van der Waals surface area contributed by atoms with E-state index in [-0.39, 0.29) is 10.6 Å². The first-order chi connectivity index (χ1) is 6.15. The summed E-state index contributed by atoms with van der Waals surface area (Å²) in [5.41, 5.74) is 1.07. The van der Waals surface area contributed by atoms with E-state index in [0.717, 1.165) is 5.56 Å². The first-order valence-corrected chi connectivity index (χ1v) is 4.64. The molecule has 0 amide bonds. The van der Waals surface area contributed by atoms with Crippen LogP contribution in [0.15, 0.2) is 18.2 Å². The van der Waals surface area contributed by atoms with Gasteiger partial charge in [0, 0.05) is 5.88 Å². The number of aromatic carboxylic acids is 1. The average molecular weight is 219 g/mol. The van der Waals surface area contributed by atoms with Gasteiger partial charge in [0.2, 0.25) is 0 Å². The zero-order chi connectivity index (χ0) is 9.84. The van der Waals surface area contributed by atoms with Gasteiger partial charge in [-0.3, -0.25) is 0 Å². The number of alkyl halides is 1. The lowest BCUT2D eigenvalue weighted by molar-refractivity contribution is 0.0697. The van der Waals surface area contributed by atoms with Gasteiger partial charge in [-0.25, -0.2) is 4.79 Å². The summed E-state index contributed by atoms with van der Waals surface area (Å²) >= 11 is 11.3. The van der Waals surface area contributed by atoms with Crippen molar-refractivity contribution >= 4 is 29.2 Å². The summed E-state index contributed by atoms with van der Waals surface area (Å²) in [4.78, 5) is 10.6. The second-order valence-electron chi connectivity index (χ2n) is 2.56. The van der Waals surface area contributed by atoms with Gasteiger partial charge in [0.1, 0.15) is 0 Å². The molecule has 0 aromatic heterocycles. The highest BCUT2D eigenvalue weighted by atomic mass is 35.5. The SMILES string of the molecule is O=C(O)c1ccc(CCCl)cc1Cl. The maximum Gasteiger partial charge on any atom is 0.337 e. The molecular formula is C9H8Cl2O2. The lowest BCUT2D eigenvalue weighted by Gasteiger charge is -2.01. The van der Waals surface area contributed by atoms with E-state index in [1.807, 2.05) is 0 Å². The lowest BCUT2D eigenvalue weighted by Crippen LogP contribution is -1.98. The minimum Gasteiger partial charge on any atom is -0.478 e.